The number of esters is 1. The molecule has 0 saturated heterocycles. The van der Waals surface area contributed by atoms with E-state index in [4.69, 9.17) is 14.2 Å². The Kier molecular flexibility index (Phi) is 11.1. The van der Waals surface area contributed by atoms with E-state index in [0.717, 1.165) is 42.9 Å². The van der Waals surface area contributed by atoms with Gasteiger partial charge in [-0.15, -0.1) is 0 Å². The summed E-state index contributed by atoms with van der Waals surface area (Å²) < 4.78 is 17.9. The number of carbonyl (C=O) groups is 1. The van der Waals surface area contributed by atoms with E-state index in [0.29, 0.717) is 26.1 Å². The molecule has 7 heteroatoms. The lowest BCUT2D eigenvalue weighted by molar-refractivity contribution is -0.147. The summed E-state index contributed by atoms with van der Waals surface area (Å²) in [6, 6.07) is 12.2. The number of ether oxygens (including phenoxy) is 3. The molecule has 0 radical (unpaired) electrons. The SMILES string of the molecule is CCCC(=O)OC[C@H](O)CN(CCCOC)Cc1cccn1Cc1cccc(OC)c1. The number of aliphatic hydroxyl groups excluding tert-OH is 1. The van der Waals surface area contributed by atoms with E-state index in [-0.39, 0.29) is 12.6 Å². The molecule has 2 aromatic rings. The fourth-order valence-corrected chi connectivity index (χ4v) is 3.43. The molecule has 0 saturated carbocycles. The second kappa shape index (κ2) is 13.9. The topological polar surface area (TPSA) is 73.2 Å². The first-order chi connectivity index (χ1) is 15.0. The monoisotopic (exact) mass is 432 g/mol. The number of aliphatic hydroxyl groups is 1. The van der Waals surface area contributed by atoms with Crippen molar-refractivity contribution in [2.45, 2.75) is 45.4 Å². The summed E-state index contributed by atoms with van der Waals surface area (Å²) in [6.45, 7) is 5.22. The van der Waals surface area contributed by atoms with E-state index in [1.807, 2.05) is 31.2 Å². The molecular formula is C24H36N2O5. The van der Waals surface area contributed by atoms with Crippen LogP contribution in [0, 0.1) is 0 Å². The van der Waals surface area contributed by atoms with Gasteiger partial charge in [0.15, 0.2) is 0 Å². The normalized spacial score (nSPS) is 12.2. The molecule has 1 aromatic carbocycles. The van der Waals surface area contributed by atoms with Crippen molar-refractivity contribution in [3.05, 3.63) is 53.9 Å². The first-order valence-electron chi connectivity index (χ1n) is 10.9. The molecule has 1 aromatic heterocycles. The number of benzene rings is 1. The van der Waals surface area contributed by atoms with Gasteiger partial charge >= 0.3 is 5.97 Å². The van der Waals surface area contributed by atoms with E-state index in [9.17, 15) is 9.90 Å². The lowest BCUT2D eigenvalue weighted by Crippen LogP contribution is -2.36. The van der Waals surface area contributed by atoms with E-state index < -0.39 is 6.10 Å². The van der Waals surface area contributed by atoms with E-state index in [2.05, 4.69) is 27.8 Å². The highest BCUT2D eigenvalue weighted by Crippen LogP contribution is 2.16. The van der Waals surface area contributed by atoms with Gasteiger partial charge in [-0.2, -0.15) is 0 Å². The molecule has 31 heavy (non-hydrogen) atoms. The Morgan fingerprint density at radius 1 is 1.23 bits per heavy atom. The zero-order chi connectivity index (χ0) is 22.5. The molecule has 1 N–H and O–H groups in total. The van der Waals surface area contributed by atoms with Crippen LogP contribution in [0.3, 0.4) is 0 Å². The molecule has 0 amide bonds. The van der Waals surface area contributed by atoms with Crippen LogP contribution in [0.25, 0.3) is 0 Å². The quantitative estimate of drug-likeness (QED) is 0.344. The molecule has 0 aliphatic rings. The van der Waals surface area contributed by atoms with Crippen molar-refractivity contribution in [1.82, 2.24) is 9.47 Å². The van der Waals surface area contributed by atoms with Crippen LogP contribution in [0.15, 0.2) is 42.6 Å². The molecule has 1 heterocycles. The average Bonchev–Trinajstić information content (AvgIpc) is 3.19. The third-order valence-corrected chi connectivity index (χ3v) is 4.98. The zero-order valence-electron chi connectivity index (χ0n) is 19.0. The Morgan fingerprint density at radius 3 is 2.81 bits per heavy atom. The van der Waals surface area contributed by atoms with Crippen molar-refractivity contribution in [3.63, 3.8) is 0 Å². The number of carbonyl (C=O) groups excluding carboxylic acids is 1. The Morgan fingerprint density at radius 2 is 2.06 bits per heavy atom. The van der Waals surface area contributed by atoms with E-state index in [1.165, 1.54) is 0 Å². The fraction of sp³-hybridized carbons (Fsp3) is 0.542. The molecule has 0 aliphatic carbocycles. The molecule has 1 atom stereocenters. The Balaban J connectivity index is 2.00. The predicted molar refractivity (Wildman–Crippen MR) is 120 cm³/mol. The summed E-state index contributed by atoms with van der Waals surface area (Å²) in [6.07, 6.45) is 3.30. The van der Waals surface area contributed by atoms with Gasteiger partial charge in [-0.25, -0.2) is 0 Å². The Bertz CT molecular complexity index is 777. The first kappa shape index (κ1) is 24.9. The second-order valence-electron chi connectivity index (χ2n) is 7.65. The first-order valence-corrected chi connectivity index (χ1v) is 10.9. The molecule has 0 unspecified atom stereocenters. The van der Waals surface area contributed by atoms with E-state index >= 15 is 0 Å². The lowest BCUT2D eigenvalue weighted by atomic mass is 10.2. The maximum atomic E-state index is 11.6. The molecule has 0 spiro atoms. The van der Waals surface area contributed by atoms with Crippen molar-refractivity contribution in [2.24, 2.45) is 0 Å². The maximum Gasteiger partial charge on any atom is 0.305 e. The van der Waals surface area contributed by atoms with Crippen LogP contribution in [0.2, 0.25) is 0 Å². The van der Waals surface area contributed by atoms with Gasteiger partial charge in [-0.3, -0.25) is 9.69 Å². The molecule has 0 bridgehead atoms. The highest BCUT2D eigenvalue weighted by atomic mass is 16.5. The summed E-state index contributed by atoms with van der Waals surface area (Å²) in [5, 5.41) is 10.4. The summed E-state index contributed by atoms with van der Waals surface area (Å²) in [7, 11) is 3.36. The minimum absolute atomic E-state index is 0.0183. The third-order valence-electron chi connectivity index (χ3n) is 4.98. The number of aromatic nitrogens is 1. The molecule has 172 valence electrons. The smallest absolute Gasteiger partial charge is 0.305 e. The Hall–Kier alpha value is -2.35. The number of methoxy groups -OCH3 is 2. The van der Waals surface area contributed by atoms with Crippen LogP contribution < -0.4 is 4.74 Å². The van der Waals surface area contributed by atoms with Crippen LogP contribution in [-0.4, -0.2) is 67.2 Å². The van der Waals surface area contributed by atoms with Gasteiger partial charge in [0, 0.05) is 58.2 Å². The molecule has 0 fully saturated rings. The fourth-order valence-electron chi connectivity index (χ4n) is 3.43. The molecule has 0 aliphatic heterocycles. The van der Waals surface area contributed by atoms with Gasteiger partial charge in [0.2, 0.25) is 0 Å². The summed E-state index contributed by atoms with van der Waals surface area (Å²) in [4.78, 5) is 13.8. The number of hydrogen-bond acceptors (Lipinski definition) is 6. The molecule has 2 rings (SSSR count). The van der Waals surface area contributed by atoms with Gasteiger partial charge in [0.1, 0.15) is 18.5 Å². The Labute approximate surface area is 185 Å². The minimum atomic E-state index is -0.731. The molecular weight excluding hydrogens is 396 g/mol. The summed E-state index contributed by atoms with van der Waals surface area (Å²) in [5.41, 5.74) is 2.31. The van der Waals surface area contributed by atoms with Crippen molar-refractivity contribution >= 4 is 5.97 Å². The second-order valence-corrected chi connectivity index (χ2v) is 7.65. The van der Waals surface area contributed by atoms with Crippen molar-refractivity contribution in [3.8, 4) is 5.75 Å². The van der Waals surface area contributed by atoms with Crippen LogP contribution in [0.4, 0.5) is 0 Å². The predicted octanol–water partition coefficient (Wildman–Crippen LogP) is 3.09. The zero-order valence-corrected chi connectivity index (χ0v) is 19.0. The highest BCUT2D eigenvalue weighted by molar-refractivity contribution is 5.69. The van der Waals surface area contributed by atoms with Gasteiger partial charge < -0.3 is 23.9 Å². The third kappa shape index (κ3) is 9.12. The van der Waals surface area contributed by atoms with Crippen molar-refractivity contribution in [2.75, 3.05) is 40.5 Å². The van der Waals surface area contributed by atoms with Crippen molar-refractivity contribution in [1.29, 1.82) is 0 Å². The van der Waals surface area contributed by atoms with Gasteiger partial charge in [0.05, 0.1) is 7.11 Å². The van der Waals surface area contributed by atoms with Gasteiger partial charge in [-0.1, -0.05) is 19.1 Å². The van der Waals surface area contributed by atoms with Crippen LogP contribution in [0.1, 0.15) is 37.4 Å². The lowest BCUT2D eigenvalue weighted by Gasteiger charge is -2.25. The largest absolute Gasteiger partial charge is 0.497 e. The summed E-state index contributed by atoms with van der Waals surface area (Å²) in [5.74, 6) is 0.577. The minimum Gasteiger partial charge on any atom is -0.497 e. The standard InChI is InChI=1S/C24H36N2O5/c1-4-8-24(28)31-19-22(27)18-25(12-7-14-29-2)17-21-10-6-13-26(21)16-20-9-5-11-23(15-20)30-3/h5-6,9-11,13,15,22,27H,4,7-8,12,14,16-19H2,1-3H3/t22-/m1/s1. The van der Waals surface area contributed by atoms with Crippen LogP contribution in [0.5, 0.6) is 5.75 Å². The average molecular weight is 433 g/mol. The van der Waals surface area contributed by atoms with Gasteiger partial charge in [0.25, 0.3) is 0 Å². The molecule has 7 nitrogen and oxygen atoms in total. The number of hydrogen-bond donors (Lipinski definition) is 1. The highest BCUT2D eigenvalue weighted by Gasteiger charge is 2.16. The number of nitrogens with zero attached hydrogens (tertiary/aromatic N) is 2. The maximum absolute atomic E-state index is 11.6. The van der Waals surface area contributed by atoms with Crippen LogP contribution in [-0.2, 0) is 27.4 Å². The van der Waals surface area contributed by atoms with Crippen molar-refractivity contribution < 1.29 is 24.1 Å². The summed E-state index contributed by atoms with van der Waals surface area (Å²) >= 11 is 0. The van der Waals surface area contributed by atoms with Gasteiger partial charge in [-0.05, 0) is 42.7 Å². The van der Waals surface area contributed by atoms with Crippen LogP contribution >= 0.6 is 0 Å². The van der Waals surface area contributed by atoms with E-state index in [1.54, 1.807) is 14.2 Å². The number of rotatable bonds is 15.